The van der Waals surface area contributed by atoms with Crippen LogP contribution in [0.15, 0.2) is 24.4 Å². The molecule has 0 amide bonds. The number of nitrogens with zero attached hydrogens (tertiary/aromatic N) is 6. The second kappa shape index (κ2) is 7.43. The van der Waals surface area contributed by atoms with E-state index in [0.29, 0.717) is 12.0 Å². The molecule has 26 heavy (non-hydrogen) atoms. The van der Waals surface area contributed by atoms with Gasteiger partial charge >= 0.3 is 0 Å². The molecule has 1 N–H and O–H groups in total. The van der Waals surface area contributed by atoms with Crippen molar-refractivity contribution < 1.29 is 0 Å². The van der Waals surface area contributed by atoms with Crippen molar-refractivity contribution in [2.75, 3.05) is 42.3 Å². The van der Waals surface area contributed by atoms with Gasteiger partial charge in [0.05, 0.1) is 5.69 Å². The minimum Gasteiger partial charge on any atom is -0.363 e. The fourth-order valence-corrected chi connectivity index (χ4v) is 3.05. The lowest BCUT2D eigenvalue weighted by Gasteiger charge is -2.34. The molecule has 0 aliphatic carbocycles. The summed E-state index contributed by atoms with van der Waals surface area (Å²) in [7, 11) is 3.96. The fourth-order valence-electron chi connectivity index (χ4n) is 3.05. The highest BCUT2D eigenvalue weighted by Crippen LogP contribution is 2.23. The average Bonchev–Trinajstić information content (AvgIpc) is 2.61. The Morgan fingerprint density at radius 1 is 1.15 bits per heavy atom. The van der Waals surface area contributed by atoms with E-state index < -0.39 is 0 Å². The largest absolute Gasteiger partial charge is 0.363 e. The van der Waals surface area contributed by atoms with E-state index >= 15 is 0 Å². The zero-order valence-electron chi connectivity index (χ0n) is 16.4. The molecule has 0 spiro atoms. The van der Waals surface area contributed by atoms with Crippen LogP contribution in [0.4, 0.5) is 17.6 Å². The van der Waals surface area contributed by atoms with E-state index in [9.17, 15) is 0 Å². The predicted octanol–water partition coefficient (Wildman–Crippen LogP) is 2.71. The average molecular weight is 355 g/mol. The molecule has 1 saturated heterocycles. The van der Waals surface area contributed by atoms with Gasteiger partial charge < -0.3 is 15.1 Å². The molecule has 1 fully saturated rings. The fraction of sp³-hybridized carbons (Fsp3) is 0.579. The number of nitrogens with one attached hydrogen (secondary N) is 1. The first kappa shape index (κ1) is 18.4. The van der Waals surface area contributed by atoms with Crippen LogP contribution in [-0.2, 0) is 5.41 Å². The Morgan fingerprint density at radius 3 is 2.62 bits per heavy atom. The molecule has 2 aromatic rings. The van der Waals surface area contributed by atoms with E-state index in [1.807, 2.05) is 25.1 Å². The molecule has 1 unspecified atom stereocenters. The van der Waals surface area contributed by atoms with Gasteiger partial charge in [-0.05, 0) is 31.0 Å². The van der Waals surface area contributed by atoms with Crippen LogP contribution in [0.5, 0.6) is 0 Å². The quantitative estimate of drug-likeness (QED) is 0.904. The van der Waals surface area contributed by atoms with Crippen molar-refractivity contribution in [2.45, 2.75) is 45.1 Å². The van der Waals surface area contributed by atoms with Crippen LogP contribution in [0, 0.1) is 0 Å². The predicted molar refractivity (Wildman–Crippen MR) is 106 cm³/mol. The van der Waals surface area contributed by atoms with Crippen molar-refractivity contribution in [3.05, 3.63) is 30.1 Å². The zero-order valence-corrected chi connectivity index (χ0v) is 16.4. The number of anilines is 3. The molecule has 2 aromatic heterocycles. The lowest BCUT2D eigenvalue weighted by atomic mass is 9.92. The van der Waals surface area contributed by atoms with E-state index in [1.165, 1.54) is 0 Å². The molecule has 1 atom stereocenters. The summed E-state index contributed by atoms with van der Waals surface area (Å²) in [6.45, 7) is 8.33. The Labute approximate surface area is 155 Å². The molecule has 7 heteroatoms. The third-order valence-corrected chi connectivity index (χ3v) is 4.60. The number of hydrogen-bond acceptors (Lipinski definition) is 7. The Bertz CT molecular complexity index is 721. The van der Waals surface area contributed by atoms with Crippen LogP contribution in [0.25, 0.3) is 0 Å². The third kappa shape index (κ3) is 4.39. The van der Waals surface area contributed by atoms with Crippen LogP contribution in [0.3, 0.4) is 0 Å². The number of hydrogen-bond donors (Lipinski definition) is 1. The third-order valence-electron chi connectivity index (χ3n) is 4.60. The zero-order chi connectivity index (χ0) is 18.7. The molecule has 0 saturated carbocycles. The molecular weight excluding hydrogens is 326 g/mol. The summed E-state index contributed by atoms with van der Waals surface area (Å²) in [6, 6.07) is 6.37. The van der Waals surface area contributed by atoms with Crippen molar-refractivity contribution in [1.82, 2.24) is 20.2 Å². The lowest BCUT2D eigenvalue weighted by molar-refractivity contribution is 0.518. The standard InChI is InChI=1S/C19H29N7/c1-19(2,3)15-8-9-17(24-23-15)26-12-6-7-14(13-26)21-18-20-11-10-16(22-18)25(4)5/h8-11,14H,6-7,12-13H2,1-5H3,(H,20,21,22). The summed E-state index contributed by atoms with van der Waals surface area (Å²) < 4.78 is 0. The van der Waals surface area contributed by atoms with Crippen LogP contribution < -0.4 is 15.1 Å². The van der Waals surface area contributed by atoms with Gasteiger partial charge in [0.15, 0.2) is 5.82 Å². The highest BCUT2D eigenvalue weighted by molar-refractivity contribution is 5.43. The molecular formula is C19H29N7. The first-order chi connectivity index (χ1) is 12.3. The van der Waals surface area contributed by atoms with Gasteiger partial charge in [0, 0.05) is 44.8 Å². The molecule has 7 nitrogen and oxygen atoms in total. The molecule has 140 valence electrons. The Balaban J connectivity index is 1.67. The maximum atomic E-state index is 4.56. The minimum atomic E-state index is 0.0202. The molecule has 1 aliphatic heterocycles. The van der Waals surface area contributed by atoms with Gasteiger partial charge in [-0.15, -0.1) is 5.10 Å². The normalized spacial score (nSPS) is 17.9. The Hall–Kier alpha value is -2.44. The summed E-state index contributed by atoms with van der Waals surface area (Å²) in [5, 5.41) is 12.4. The van der Waals surface area contributed by atoms with Gasteiger partial charge in [-0.3, -0.25) is 0 Å². The maximum absolute atomic E-state index is 4.56. The summed E-state index contributed by atoms with van der Waals surface area (Å²) >= 11 is 0. The summed E-state index contributed by atoms with van der Waals surface area (Å²) in [4.78, 5) is 13.2. The number of piperidine rings is 1. The monoisotopic (exact) mass is 355 g/mol. The first-order valence-corrected chi connectivity index (χ1v) is 9.19. The molecule has 0 aromatic carbocycles. The van der Waals surface area contributed by atoms with Crippen LogP contribution in [-0.4, -0.2) is 53.4 Å². The molecule has 1 aliphatic rings. The molecule has 3 heterocycles. The van der Waals surface area contributed by atoms with Crippen LogP contribution >= 0.6 is 0 Å². The van der Waals surface area contributed by atoms with E-state index in [0.717, 1.165) is 43.3 Å². The highest BCUT2D eigenvalue weighted by atomic mass is 15.3. The molecule has 0 bridgehead atoms. The van der Waals surface area contributed by atoms with Crippen LogP contribution in [0.2, 0.25) is 0 Å². The summed E-state index contributed by atoms with van der Waals surface area (Å²) in [5.74, 6) is 2.52. The van der Waals surface area contributed by atoms with Crippen molar-refractivity contribution in [1.29, 1.82) is 0 Å². The van der Waals surface area contributed by atoms with Gasteiger partial charge in [0.1, 0.15) is 5.82 Å². The van der Waals surface area contributed by atoms with Crippen molar-refractivity contribution in [3.8, 4) is 0 Å². The van der Waals surface area contributed by atoms with Crippen molar-refractivity contribution in [2.24, 2.45) is 0 Å². The minimum absolute atomic E-state index is 0.0202. The van der Waals surface area contributed by atoms with E-state index in [4.69, 9.17) is 0 Å². The molecule has 0 radical (unpaired) electrons. The highest BCUT2D eigenvalue weighted by Gasteiger charge is 2.23. The SMILES string of the molecule is CN(C)c1ccnc(NC2CCCN(c3ccc(C(C)(C)C)nn3)C2)n1. The van der Waals surface area contributed by atoms with Gasteiger partial charge in [-0.2, -0.15) is 10.1 Å². The number of rotatable bonds is 4. The van der Waals surface area contributed by atoms with Crippen LogP contribution in [0.1, 0.15) is 39.3 Å². The van der Waals surface area contributed by atoms with Gasteiger partial charge in [0.25, 0.3) is 0 Å². The Morgan fingerprint density at radius 2 is 1.96 bits per heavy atom. The molecule has 3 rings (SSSR count). The maximum Gasteiger partial charge on any atom is 0.224 e. The van der Waals surface area contributed by atoms with Gasteiger partial charge in [0.2, 0.25) is 5.95 Å². The first-order valence-electron chi connectivity index (χ1n) is 9.19. The summed E-state index contributed by atoms with van der Waals surface area (Å²) in [6.07, 6.45) is 4.00. The number of aromatic nitrogens is 4. The van der Waals surface area contributed by atoms with E-state index in [2.05, 4.69) is 63.3 Å². The second-order valence-electron chi connectivity index (χ2n) is 8.09. The smallest absolute Gasteiger partial charge is 0.224 e. The lowest BCUT2D eigenvalue weighted by Crippen LogP contribution is -2.43. The topological polar surface area (TPSA) is 70.1 Å². The van der Waals surface area contributed by atoms with E-state index in [1.54, 1.807) is 6.20 Å². The van der Waals surface area contributed by atoms with E-state index in [-0.39, 0.29) is 5.41 Å². The van der Waals surface area contributed by atoms with Crippen molar-refractivity contribution >= 4 is 17.6 Å². The van der Waals surface area contributed by atoms with Gasteiger partial charge in [-0.25, -0.2) is 4.98 Å². The second-order valence-corrected chi connectivity index (χ2v) is 8.09. The summed E-state index contributed by atoms with van der Waals surface area (Å²) in [5.41, 5.74) is 1.04. The van der Waals surface area contributed by atoms with Crippen molar-refractivity contribution in [3.63, 3.8) is 0 Å². The van der Waals surface area contributed by atoms with Gasteiger partial charge in [-0.1, -0.05) is 20.8 Å². The Kier molecular flexibility index (Phi) is 5.25.